The minimum atomic E-state index is -4.00. The third kappa shape index (κ3) is 4.98. The second kappa shape index (κ2) is 8.71. The summed E-state index contributed by atoms with van der Waals surface area (Å²) in [5.41, 5.74) is 5.06. The van der Waals surface area contributed by atoms with E-state index in [0.29, 0.717) is 0 Å². The maximum absolute atomic E-state index is 12.5. The number of anilines is 1. The Labute approximate surface area is 163 Å². The number of aliphatic hydroxyl groups excluding tert-OH is 1. The predicted molar refractivity (Wildman–Crippen MR) is 105 cm³/mol. The Bertz CT molecular complexity index is 934. The quantitative estimate of drug-likeness (QED) is 0.715. The molecule has 2 aromatic rings. The molecule has 27 heavy (non-hydrogen) atoms. The number of para-hydroxylation sites is 1. The topological polar surface area (TPSA) is 113 Å². The molecule has 0 aromatic heterocycles. The molecule has 146 valence electrons. The van der Waals surface area contributed by atoms with Gasteiger partial charge in [0.1, 0.15) is 4.90 Å². The first-order chi connectivity index (χ1) is 12.7. The molecular weight excluding hydrogens is 390 g/mol. The summed E-state index contributed by atoms with van der Waals surface area (Å²) in [4.78, 5) is 12.2. The van der Waals surface area contributed by atoms with Crippen molar-refractivity contribution in [3.8, 4) is 0 Å². The Balaban J connectivity index is 0.000000817. The Morgan fingerprint density at radius 1 is 1.33 bits per heavy atom. The highest BCUT2D eigenvalue weighted by molar-refractivity contribution is 7.89. The van der Waals surface area contributed by atoms with Crippen molar-refractivity contribution < 1.29 is 18.3 Å². The van der Waals surface area contributed by atoms with Gasteiger partial charge in [-0.25, -0.2) is 13.6 Å². The summed E-state index contributed by atoms with van der Waals surface area (Å²) in [6, 6.07) is 11.9. The molecule has 2 aromatic carbocycles. The number of hydrogen-bond donors (Lipinski definition) is 3. The van der Waals surface area contributed by atoms with Gasteiger partial charge in [-0.05, 0) is 50.1 Å². The molecule has 7 nitrogen and oxygen atoms in total. The highest BCUT2D eigenvalue weighted by Crippen LogP contribution is 2.30. The van der Waals surface area contributed by atoms with Crippen molar-refractivity contribution in [1.82, 2.24) is 5.43 Å². The lowest BCUT2D eigenvalue weighted by molar-refractivity contribution is 0.0946. The first-order valence-corrected chi connectivity index (χ1v) is 10.2. The van der Waals surface area contributed by atoms with Gasteiger partial charge in [-0.3, -0.25) is 15.2 Å². The van der Waals surface area contributed by atoms with Gasteiger partial charge in [0.15, 0.2) is 0 Å². The molecule has 0 aliphatic carbocycles. The molecule has 1 atom stereocenters. The average molecular weight is 412 g/mol. The van der Waals surface area contributed by atoms with Crippen molar-refractivity contribution in [1.29, 1.82) is 0 Å². The van der Waals surface area contributed by atoms with E-state index in [1.165, 1.54) is 18.2 Å². The number of benzene rings is 2. The largest absolute Gasteiger partial charge is 0.397 e. The van der Waals surface area contributed by atoms with Gasteiger partial charge in [-0.1, -0.05) is 29.8 Å². The van der Waals surface area contributed by atoms with E-state index in [9.17, 15) is 13.2 Å². The zero-order chi connectivity index (χ0) is 20.2. The summed E-state index contributed by atoms with van der Waals surface area (Å²) in [5.74, 6) is -0.430. The van der Waals surface area contributed by atoms with Gasteiger partial charge in [0.2, 0.25) is 10.0 Å². The van der Waals surface area contributed by atoms with Gasteiger partial charge >= 0.3 is 0 Å². The van der Waals surface area contributed by atoms with E-state index in [4.69, 9.17) is 21.8 Å². The standard InChI is InChI=1S/C16H16ClN3O3S.C2H6O/c1-10-8-11-4-2-3-5-14(11)20(10)19-16(21)12-6-7-13(17)15(9-12)24(18,22)23;1-2-3/h2-7,9-10H,8H2,1H3,(H,19,21)(H2,18,22,23);3H,2H2,1H3. The van der Waals surface area contributed by atoms with Crippen LogP contribution in [0, 0.1) is 0 Å². The van der Waals surface area contributed by atoms with E-state index >= 15 is 0 Å². The van der Waals surface area contributed by atoms with Crippen LogP contribution in [-0.2, 0) is 16.4 Å². The van der Waals surface area contributed by atoms with Crippen LogP contribution in [0.3, 0.4) is 0 Å². The van der Waals surface area contributed by atoms with Crippen molar-refractivity contribution >= 4 is 33.2 Å². The summed E-state index contributed by atoms with van der Waals surface area (Å²) < 4.78 is 23.1. The maximum Gasteiger partial charge on any atom is 0.269 e. The lowest BCUT2D eigenvalue weighted by atomic mass is 10.1. The molecule has 4 N–H and O–H groups in total. The van der Waals surface area contributed by atoms with Crippen LogP contribution in [0.4, 0.5) is 5.69 Å². The van der Waals surface area contributed by atoms with Gasteiger partial charge in [-0.15, -0.1) is 0 Å². The summed E-state index contributed by atoms with van der Waals surface area (Å²) in [5, 5.41) is 14.5. The van der Waals surface area contributed by atoms with E-state index < -0.39 is 15.9 Å². The van der Waals surface area contributed by atoms with E-state index in [1.54, 1.807) is 11.9 Å². The van der Waals surface area contributed by atoms with Crippen molar-refractivity contribution in [2.45, 2.75) is 31.2 Å². The summed E-state index contributed by atoms with van der Waals surface area (Å²) in [6.07, 6.45) is 0.819. The lowest BCUT2D eigenvalue weighted by Gasteiger charge is -2.25. The predicted octanol–water partition coefficient (Wildman–Crippen LogP) is 2.08. The number of hydrogen-bond acceptors (Lipinski definition) is 5. The molecular formula is C18H22ClN3O4S. The van der Waals surface area contributed by atoms with Gasteiger partial charge < -0.3 is 5.11 Å². The van der Waals surface area contributed by atoms with Crippen LogP contribution < -0.4 is 15.6 Å². The number of halogens is 1. The molecule has 1 aliphatic rings. The second-order valence-corrected chi connectivity index (χ2v) is 7.94. The average Bonchev–Trinajstić information content (AvgIpc) is 2.90. The Hall–Kier alpha value is -2.13. The summed E-state index contributed by atoms with van der Waals surface area (Å²) in [7, 11) is -4.00. The van der Waals surface area contributed by atoms with Gasteiger partial charge in [0, 0.05) is 12.2 Å². The highest BCUT2D eigenvalue weighted by atomic mass is 35.5. The molecule has 0 radical (unpaired) electrons. The highest BCUT2D eigenvalue weighted by Gasteiger charge is 2.27. The Morgan fingerprint density at radius 2 is 1.96 bits per heavy atom. The number of aliphatic hydroxyl groups is 1. The smallest absolute Gasteiger partial charge is 0.269 e. The third-order valence-corrected chi connectivity index (χ3v) is 5.32. The Kier molecular flexibility index (Phi) is 6.83. The van der Waals surface area contributed by atoms with Crippen LogP contribution in [0.1, 0.15) is 29.8 Å². The van der Waals surface area contributed by atoms with Gasteiger partial charge in [-0.2, -0.15) is 0 Å². The van der Waals surface area contributed by atoms with E-state index in [1.807, 2.05) is 31.2 Å². The number of nitrogens with one attached hydrogen (secondary N) is 1. The van der Waals surface area contributed by atoms with Crippen molar-refractivity contribution in [3.63, 3.8) is 0 Å². The molecule has 0 fully saturated rings. The van der Waals surface area contributed by atoms with E-state index in [0.717, 1.165) is 17.7 Å². The molecule has 3 rings (SSSR count). The molecule has 0 bridgehead atoms. The first kappa shape index (κ1) is 21.2. The molecule has 0 spiro atoms. The number of nitrogens with zero attached hydrogens (tertiary/aromatic N) is 1. The molecule has 1 aliphatic heterocycles. The number of carbonyl (C=O) groups excluding carboxylic acids is 1. The fraction of sp³-hybridized carbons (Fsp3) is 0.278. The first-order valence-electron chi connectivity index (χ1n) is 8.30. The maximum atomic E-state index is 12.5. The second-order valence-electron chi connectivity index (χ2n) is 6.00. The third-order valence-electron chi connectivity index (χ3n) is 3.93. The van der Waals surface area contributed by atoms with Crippen LogP contribution in [0.5, 0.6) is 0 Å². The van der Waals surface area contributed by atoms with Crippen molar-refractivity contribution in [2.75, 3.05) is 11.6 Å². The minimum absolute atomic E-state index is 0.0195. The van der Waals surface area contributed by atoms with Crippen LogP contribution in [-0.4, -0.2) is 32.1 Å². The van der Waals surface area contributed by atoms with Crippen molar-refractivity contribution in [2.24, 2.45) is 5.14 Å². The number of carbonyl (C=O) groups is 1. The summed E-state index contributed by atoms with van der Waals surface area (Å²) in [6.45, 7) is 3.93. The van der Waals surface area contributed by atoms with Crippen LogP contribution in [0.25, 0.3) is 0 Å². The SMILES string of the molecule is CC1Cc2ccccc2N1NC(=O)c1ccc(Cl)c(S(N)(=O)=O)c1.CCO. The molecule has 1 heterocycles. The number of sulfonamides is 1. The van der Waals surface area contributed by atoms with Crippen LogP contribution >= 0.6 is 11.6 Å². The molecule has 1 unspecified atom stereocenters. The number of primary sulfonamides is 1. The molecule has 0 saturated carbocycles. The van der Waals surface area contributed by atoms with E-state index in [2.05, 4.69) is 5.43 Å². The molecule has 1 amide bonds. The number of rotatable bonds is 3. The van der Waals surface area contributed by atoms with Crippen LogP contribution in [0.2, 0.25) is 5.02 Å². The zero-order valence-electron chi connectivity index (χ0n) is 15.0. The summed E-state index contributed by atoms with van der Waals surface area (Å²) >= 11 is 5.84. The number of fused-ring (bicyclic) bond motifs is 1. The molecule has 0 saturated heterocycles. The van der Waals surface area contributed by atoms with Gasteiger partial charge in [0.25, 0.3) is 5.91 Å². The number of hydrazine groups is 1. The minimum Gasteiger partial charge on any atom is -0.397 e. The zero-order valence-corrected chi connectivity index (χ0v) is 16.6. The van der Waals surface area contributed by atoms with Crippen LogP contribution in [0.15, 0.2) is 47.4 Å². The number of nitrogens with two attached hydrogens (primary N) is 1. The lowest BCUT2D eigenvalue weighted by Crippen LogP contribution is -2.45. The monoisotopic (exact) mass is 411 g/mol. The van der Waals surface area contributed by atoms with Gasteiger partial charge in [0.05, 0.1) is 16.8 Å². The fourth-order valence-electron chi connectivity index (χ4n) is 2.77. The number of amides is 1. The normalized spacial score (nSPS) is 15.6. The molecule has 9 heteroatoms. The Morgan fingerprint density at radius 3 is 2.59 bits per heavy atom. The van der Waals surface area contributed by atoms with E-state index in [-0.39, 0.29) is 28.1 Å². The fourth-order valence-corrected chi connectivity index (χ4v) is 3.84. The van der Waals surface area contributed by atoms with Crippen molar-refractivity contribution in [3.05, 3.63) is 58.6 Å².